The van der Waals surface area contributed by atoms with Crippen molar-refractivity contribution in [3.05, 3.63) is 0 Å². The van der Waals surface area contributed by atoms with Crippen LogP contribution in [0.4, 0.5) is 0 Å². The van der Waals surface area contributed by atoms with Crippen LogP contribution in [0.3, 0.4) is 0 Å². The Morgan fingerprint density at radius 3 is 2.26 bits per heavy atom. The fraction of sp³-hybridized carbons (Fsp3) is 0.846. The molecule has 2 atom stereocenters. The van der Waals surface area contributed by atoms with Crippen LogP contribution in [-0.4, -0.2) is 46.8 Å². The van der Waals surface area contributed by atoms with Crippen molar-refractivity contribution in [2.45, 2.75) is 63.1 Å². The van der Waals surface area contributed by atoms with E-state index in [1.54, 1.807) is 0 Å². The summed E-state index contributed by atoms with van der Waals surface area (Å²) in [7, 11) is 1.84. The molecule has 0 radical (unpaired) electrons. The summed E-state index contributed by atoms with van der Waals surface area (Å²) in [6.45, 7) is 1.35. The van der Waals surface area contributed by atoms with E-state index in [4.69, 9.17) is 5.11 Å². The largest absolute Gasteiger partial charge is 0.480 e. The fourth-order valence-corrected chi connectivity index (χ4v) is 2.66. The molecule has 1 aliphatic rings. The summed E-state index contributed by atoms with van der Waals surface area (Å²) in [5.74, 6) is -1.55. The van der Waals surface area contributed by atoms with Gasteiger partial charge in [-0.05, 0) is 26.8 Å². The maximum Gasteiger partial charge on any atom is 0.328 e. The minimum absolute atomic E-state index is 0.232. The second-order valence-corrected chi connectivity index (χ2v) is 5.39. The van der Waals surface area contributed by atoms with Gasteiger partial charge in [-0.1, -0.05) is 19.3 Å². The molecule has 0 heterocycles. The molecule has 1 amide bonds. The average Bonchev–Trinajstić information content (AvgIpc) is 2.36. The highest BCUT2D eigenvalue weighted by Crippen LogP contribution is 2.30. The minimum atomic E-state index is -1.25. The van der Waals surface area contributed by atoms with Crippen LogP contribution in [0, 0.1) is 0 Å². The quantitative estimate of drug-likeness (QED) is 0.555. The van der Waals surface area contributed by atoms with Crippen LogP contribution >= 0.6 is 0 Å². The molecular weight excluding hydrogens is 248 g/mol. The Hall–Kier alpha value is -1.14. The normalized spacial score (nSPS) is 21.4. The first-order valence-electron chi connectivity index (χ1n) is 6.79. The van der Waals surface area contributed by atoms with Gasteiger partial charge in [0.25, 0.3) is 0 Å². The Labute approximate surface area is 113 Å². The smallest absolute Gasteiger partial charge is 0.328 e. The molecule has 0 aromatic rings. The van der Waals surface area contributed by atoms with Gasteiger partial charge in [-0.2, -0.15) is 0 Å². The molecule has 0 aliphatic heterocycles. The van der Waals surface area contributed by atoms with Crippen LogP contribution in [0.1, 0.15) is 45.4 Å². The van der Waals surface area contributed by atoms with Crippen molar-refractivity contribution in [1.82, 2.24) is 10.6 Å². The van der Waals surface area contributed by atoms with E-state index in [1.807, 2.05) is 7.05 Å². The Bertz CT molecular complexity index is 325. The lowest BCUT2D eigenvalue weighted by atomic mass is 9.79. The summed E-state index contributed by atoms with van der Waals surface area (Å²) in [6, 6.07) is -1.25. The zero-order valence-corrected chi connectivity index (χ0v) is 11.6. The van der Waals surface area contributed by atoms with Gasteiger partial charge >= 0.3 is 5.97 Å². The molecule has 1 saturated carbocycles. The Morgan fingerprint density at radius 2 is 1.84 bits per heavy atom. The summed E-state index contributed by atoms with van der Waals surface area (Å²) in [6.07, 6.45) is 4.31. The van der Waals surface area contributed by atoms with Crippen LogP contribution in [0.2, 0.25) is 0 Å². The lowest BCUT2D eigenvalue weighted by Crippen LogP contribution is -2.53. The third kappa shape index (κ3) is 4.47. The standard InChI is InChI=1S/C13H24N2O4/c1-9(16)11(12(18)19)15-10(17)8-13(14-2)6-4-3-5-7-13/h9,11,14,16H,3-8H2,1-2H3,(H,15,17)(H,18,19). The molecule has 1 fully saturated rings. The average molecular weight is 272 g/mol. The van der Waals surface area contributed by atoms with Gasteiger partial charge in [-0.25, -0.2) is 4.79 Å². The van der Waals surface area contributed by atoms with E-state index in [2.05, 4.69) is 10.6 Å². The molecule has 1 aliphatic carbocycles. The summed E-state index contributed by atoms with van der Waals surface area (Å²) in [5.41, 5.74) is -0.232. The van der Waals surface area contributed by atoms with Crippen LogP contribution in [-0.2, 0) is 9.59 Å². The van der Waals surface area contributed by atoms with Crippen molar-refractivity contribution in [2.75, 3.05) is 7.05 Å². The molecule has 1 rings (SSSR count). The number of carbonyl (C=O) groups is 2. The molecule has 0 spiro atoms. The topological polar surface area (TPSA) is 98.7 Å². The van der Waals surface area contributed by atoms with Gasteiger partial charge in [0.2, 0.25) is 5.91 Å². The number of carboxylic acids is 1. The van der Waals surface area contributed by atoms with E-state index in [9.17, 15) is 14.7 Å². The Morgan fingerprint density at radius 1 is 1.26 bits per heavy atom. The van der Waals surface area contributed by atoms with Crippen molar-refractivity contribution >= 4 is 11.9 Å². The third-order valence-corrected chi connectivity index (χ3v) is 3.90. The predicted octanol–water partition coefficient (Wildman–Crippen LogP) is 0.249. The molecule has 4 N–H and O–H groups in total. The molecule has 0 aromatic carbocycles. The molecule has 2 unspecified atom stereocenters. The van der Waals surface area contributed by atoms with Crippen LogP contribution in [0.25, 0.3) is 0 Å². The molecular formula is C13H24N2O4. The molecule has 110 valence electrons. The second kappa shape index (κ2) is 6.86. The maximum atomic E-state index is 12.0. The lowest BCUT2D eigenvalue weighted by molar-refractivity contribution is -0.145. The number of aliphatic hydroxyl groups excluding tert-OH is 1. The summed E-state index contributed by atoms with van der Waals surface area (Å²) in [4.78, 5) is 22.9. The van der Waals surface area contributed by atoms with Crippen molar-refractivity contribution < 1.29 is 19.8 Å². The van der Waals surface area contributed by atoms with Crippen LogP contribution in [0.15, 0.2) is 0 Å². The van der Waals surface area contributed by atoms with Gasteiger partial charge in [0.15, 0.2) is 6.04 Å². The highest BCUT2D eigenvalue weighted by Gasteiger charge is 2.34. The number of aliphatic hydroxyl groups is 1. The van der Waals surface area contributed by atoms with Crippen LogP contribution < -0.4 is 10.6 Å². The lowest BCUT2D eigenvalue weighted by Gasteiger charge is -2.37. The summed E-state index contributed by atoms with van der Waals surface area (Å²) in [5, 5.41) is 23.9. The number of rotatable bonds is 6. The van der Waals surface area contributed by atoms with Crippen molar-refractivity contribution in [2.24, 2.45) is 0 Å². The monoisotopic (exact) mass is 272 g/mol. The number of hydrogen-bond acceptors (Lipinski definition) is 4. The number of carbonyl (C=O) groups excluding carboxylic acids is 1. The number of aliphatic carboxylic acids is 1. The number of hydrogen-bond donors (Lipinski definition) is 4. The van der Waals surface area contributed by atoms with Gasteiger partial charge in [0, 0.05) is 12.0 Å². The van der Waals surface area contributed by atoms with E-state index in [0.29, 0.717) is 0 Å². The third-order valence-electron chi connectivity index (χ3n) is 3.90. The van der Waals surface area contributed by atoms with E-state index < -0.39 is 18.1 Å². The summed E-state index contributed by atoms with van der Waals surface area (Å²) < 4.78 is 0. The van der Waals surface area contributed by atoms with Gasteiger partial charge in [-0.3, -0.25) is 4.79 Å². The molecule has 6 nitrogen and oxygen atoms in total. The predicted molar refractivity (Wildman–Crippen MR) is 70.7 cm³/mol. The minimum Gasteiger partial charge on any atom is -0.480 e. The zero-order chi connectivity index (χ0) is 14.5. The number of amides is 1. The Kier molecular flexibility index (Phi) is 5.75. The molecule has 0 aromatic heterocycles. The summed E-state index contributed by atoms with van der Waals surface area (Å²) >= 11 is 0. The van der Waals surface area contributed by atoms with Crippen molar-refractivity contribution in [3.8, 4) is 0 Å². The first-order chi connectivity index (χ1) is 8.90. The van der Waals surface area contributed by atoms with E-state index in [-0.39, 0.29) is 17.9 Å². The maximum absolute atomic E-state index is 12.0. The highest BCUT2D eigenvalue weighted by molar-refractivity contribution is 5.84. The SMILES string of the molecule is CNC1(CC(=O)NC(C(=O)O)C(C)O)CCCCC1. The van der Waals surface area contributed by atoms with Crippen molar-refractivity contribution in [3.63, 3.8) is 0 Å². The van der Waals surface area contributed by atoms with Crippen molar-refractivity contribution in [1.29, 1.82) is 0 Å². The van der Waals surface area contributed by atoms with Gasteiger partial charge in [0.05, 0.1) is 6.10 Å². The highest BCUT2D eigenvalue weighted by atomic mass is 16.4. The van der Waals surface area contributed by atoms with E-state index in [1.165, 1.54) is 13.3 Å². The number of carboxylic acid groups (broad SMARTS) is 1. The fourth-order valence-electron chi connectivity index (χ4n) is 2.66. The molecule has 6 heteroatoms. The molecule has 19 heavy (non-hydrogen) atoms. The second-order valence-electron chi connectivity index (χ2n) is 5.39. The van der Waals surface area contributed by atoms with E-state index in [0.717, 1.165) is 25.7 Å². The van der Waals surface area contributed by atoms with Crippen LogP contribution in [0.5, 0.6) is 0 Å². The van der Waals surface area contributed by atoms with Gasteiger partial charge < -0.3 is 20.8 Å². The van der Waals surface area contributed by atoms with E-state index >= 15 is 0 Å². The Balaban J connectivity index is 2.59. The zero-order valence-electron chi connectivity index (χ0n) is 11.6. The van der Waals surface area contributed by atoms with Gasteiger partial charge in [-0.15, -0.1) is 0 Å². The van der Waals surface area contributed by atoms with Gasteiger partial charge in [0.1, 0.15) is 0 Å². The first-order valence-corrected chi connectivity index (χ1v) is 6.79. The number of nitrogens with one attached hydrogen (secondary N) is 2. The molecule has 0 saturated heterocycles. The first kappa shape index (κ1) is 15.9. The molecule has 0 bridgehead atoms.